The minimum Gasteiger partial charge on any atom is -0.384 e. The highest BCUT2D eigenvalue weighted by molar-refractivity contribution is 6.31. The molecule has 0 fully saturated rings. The van der Waals surface area contributed by atoms with Crippen LogP contribution in [0.15, 0.2) is 42.5 Å². The monoisotopic (exact) mass is 391 g/mol. The standard InChI is InChI=1S/C19H22ClN3O4/c1-12(2)22-18(24)13-8-9-16(17(10-13)23(26)27)21-11-19(3,25)14-6-4-5-7-15(14)20/h4-10,12,21,25H,11H2,1-3H3,(H,22,24). The van der Waals surface area contributed by atoms with Gasteiger partial charge in [-0.15, -0.1) is 0 Å². The molecular weight excluding hydrogens is 370 g/mol. The van der Waals surface area contributed by atoms with Crippen LogP contribution in [0.4, 0.5) is 11.4 Å². The van der Waals surface area contributed by atoms with Crippen molar-refractivity contribution in [2.24, 2.45) is 0 Å². The Bertz CT molecular complexity index is 853. The Kier molecular flexibility index (Phi) is 6.41. The molecule has 0 saturated heterocycles. The van der Waals surface area contributed by atoms with Crippen LogP contribution < -0.4 is 10.6 Å². The minimum atomic E-state index is -1.35. The molecule has 0 aromatic heterocycles. The maximum Gasteiger partial charge on any atom is 0.293 e. The normalized spacial score (nSPS) is 13.1. The van der Waals surface area contributed by atoms with Crippen LogP contribution >= 0.6 is 11.6 Å². The van der Waals surface area contributed by atoms with Crippen molar-refractivity contribution in [2.75, 3.05) is 11.9 Å². The zero-order valence-electron chi connectivity index (χ0n) is 15.3. The van der Waals surface area contributed by atoms with Gasteiger partial charge in [0, 0.05) is 34.8 Å². The highest BCUT2D eigenvalue weighted by Crippen LogP contribution is 2.30. The molecule has 2 aromatic carbocycles. The molecule has 2 rings (SSSR count). The number of nitro groups is 1. The maximum absolute atomic E-state index is 12.1. The summed E-state index contributed by atoms with van der Waals surface area (Å²) in [6.07, 6.45) is 0. The van der Waals surface area contributed by atoms with E-state index in [1.54, 1.807) is 45.0 Å². The molecular formula is C19H22ClN3O4. The van der Waals surface area contributed by atoms with E-state index >= 15 is 0 Å². The Morgan fingerprint density at radius 3 is 2.56 bits per heavy atom. The molecule has 0 aliphatic heterocycles. The fraction of sp³-hybridized carbons (Fsp3) is 0.316. The van der Waals surface area contributed by atoms with Crippen LogP contribution in [0, 0.1) is 10.1 Å². The number of amides is 1. The van der Waals surface area contributed by atoms with Crippen molar-refractivity contribution in [3.05, 3.63) is 68.7 Å². The van der Waals surface area contributed by atoms with Gasteiger partial charge in [0.25, 0.3) is 11.6 Å². The first-order valence-corrected chi connectivity index (χ1v) is 8.80. The van der Waals surface area contributed by atoms with Gasteiger partial charge in [0.15, 0.2) is 0 Å². The van der Waals surface area contributed by atoms with Crippen LogP contribution in [0.25, 0.3) is 0 Å². The smallest absolute Gasteiger partial charge is 0.293 e. The first-order valence-electron chi connectivity index (χ1n) is 8.42. The van der Waals surface area contributed by atoms with E-state index in [2.05, 4.69) is 10.6 Å². The molecule has 0 aliphatic carbocycles. The number of nitrogens with zero attached hydrogens (tertiary/aromatic N) is 1. The lowest BCUT2D eigenvalue weighted by Crippen LogP contribution is -2.31. The van der Waals surface area contributed by atoms with E-state index in [0.717, 1.165) is 0 Å². The Labute approximate surface area is 162 Å². The number of hydrogen-bond acceptors (Lipinski definition) is 5. The Morgan fingerprint density at radius 1 is 1.30 bits per heavy atom. The van der Waals surface area contributed by atoms with Crippen molar-refractivity contribution in [3.63, 3.8) is 0 Å². The quantitative estimate of drug-likeness (QED) is 0.493. The number of rotatable bonds is 7. The number of benzene rings is 2. The molecule has 0 radical (unpaired) electrons. The largest absolute Gasteiger partial charge is 0.384 e. The number of hydrogen-bond donors (Lipinski definition) is 3. The number of nitrogens with one attached hydrogen (secondary N) is 2. The molecule has 0 saturated carbocycles. The maximum atomic E-state index is 12.1. The third-order valence-corrected chi connectivity index (χ3v) is 4.28. The predicted molar refractivity (Wildman–Crippen MR) is 105 cm³/mol. The topological polar surface area (TPSA) is 104 Å². The summed E-state index contributed by atoms with van der Waals surface area (Å²) in [4.78, 5) is 22.9. The molecule has 1 atom stereocenters. The molecule has 0 bridgehead atoms. The summed E-state index contributed by atoms with van der Waals surface area (Å²) in [7, 11) is 0. The van der Waals surface area contributed by atoms with Crippen LogP contribution in [-0.2, 0) is 5.60 Å². The summed E-state index contributed by atoms with van der Waals surface area (Å²) in [5, 5.41) is 28.1. The highest BCUT2D eigenvalue weighted by Gasteiger charge is 2.27. The molecule has 1 amide bonds. The number of carbonyl (C=O) groups excluding carboxylic acids is 1. The van der Waals surface area contributed by atoms with E-state index in [1.165, 1.54) is 18.2 Å². The van der Waals surface area contributed by atoms with E-state index < -0.39 is 10.5 Å². The Morgan fingerprint density at radius 2 is 1.96 bits per heavy atom. The second-order valence-electron chi connectivity index (χ2n) is 6.72. The van der Waals surface area contributed by atoms with E-state index in [-0.39, 0.29) is 35.4 Å². The van der Waals surface area contributed by atoms with E-state index in [0.29, 0.717) is 10.6 Å². The van der Waals surface area contributed by atoms with E-state index in [9.17, 15) is 20.0 Å². The zero-order chi connectivity index (χ0) is 20.2. The second-order valence-corrected chi connectivity index (χ2v) is 7.13. The van der Waals surface area contributed by atoms with E-state index in [4.69, 9.17) is 11.6 Å². The summed E-state index contributed by atoms with van der Waals surface area (Å²) < 4.78 is 0. The fourth-order valence-electron chi connectivity index (χ4n) is 2.58. The van der Waals surface area contributed by atoms with Gasteiger partial charge >= 0.3 is 0 Å². The van der Waals surface area contributed by atoms with Crippen molar-refractivity contribution in [1.82, 2.24) is 5.32 Å². The van der Waals surface area contributed by atoms with Gasteiger partial charge < -0.3 is 15.7 Å². The predicted octanol–water partition coefficient (Wildman–Crippen LogP) is 3.71. The third-order valence-electron chi connectivity index (χ3n) is 3.95. The lowest BCUT2D eigenvalue weighted by atomic mass is 9.95. The van der Waals surface area contributed by atoms with Gasteiger partial charge in [-0.2, -0.15) is 0 Å². The van der Waals surface area contributed by atoms with Gasteiger partial charge in [-0.1, -0.05) is 29.8 Å². The molecule has 0 spiro atoms. The van der Waals surface area contributed by atoms with Gasteiger partial charge in [0.05, 0.1) is 4.92 Å². The van der Waals surface area contributed by atoms with Gasteiger partial charge in [-0.25, -0.2) is 0 Å². The van der Waals surface area contributed by atoms with Gasteiger partial charge in [-0.3, -0.25) is 14.9 Å². The van der Waals surface area contributed by atoms with Crippen molar-refractivity contribution in [2.45, 2.75) is 32.4 Å². The number of nitro benzene ring substituents is 1. The average molecular weight is 392 g/mol. The summed E-state index contributed by atoms with van der Waals surface area (Å²) in [6, 6.07) is 10.9. The van der Waals surface area contributed by atoms with Crippen LogP contribution in [0.1, 0.15) is 36.7 Å². The van der Waals surface area contributed by atoms with Crippen molar-refractivity contribution < 1.29 is 14.8 Å². The molecule has 27 heavy (non-hydrogen) atoms. The lowest BCUT2D eigenvalue weighted by Gasteiger charge is -2.25. The SMILES string of the molecule is CC(C)NC(=O)c1ccc(NCC(C)(O)c2ccccc2Cl)c([N+](=O)[O-])c1. The molecule has 7 nitrogen and oxygen atoms in total. The molecule has 0 heterocycles. The van der Waals surface area contributed by atoms with Crippen LogP contribution in [0.5, 0.6) is 0 Å². The highest BCUT2D eigenvalue weighted by atomic mass is 35.5. The van der Waals surface area contributed by atoms with Gasteiger partial charge in [0.1, 0.15) is 11.3 Å². The van der Waals surface area contributed by atoms with E-state index in [1.807, 2.05) is 0 Å². The van der Waals surface area contributed by atoms with Crippen molar-refractivity contribution >= 4 is 28.9 Å². The zero-order valence-corrected chi connectivity index (χ0v) is 16.1. The number of carbonyl (C=O) groups is 1. The molecule has 2 aromatic rings. The number of anilines is 1. The summed E-state index contributed by atoms with van der Waals surface area (Å²) >= 11 is 6.13. The lowest BCUT2D eigenvalue weighted by molar-refractivity contribution is -0.384. The summed E-state index contributed by atoms with van der Waals surface area (Å²) in [6.45, 7) is 5.17. The first kappa shape index (κ1) is 20.7. The first-order chi connectivity index (χ1) is 12.6. The molecule has 1 unspecified atom stereocenters. The Balaban J connectivity index is 2.24. The minimum absolute atomic E-state index is 0.00485. The molecule has 8 heteroatoms. The third kappa shape index (κ3) is 5.18. The number of aliphatic hydroxyl groups is 1. The summed E-state index contributed by atoms with van der Waals surface area (Å²) in [5.74, 6) is -0.386. The Hall–Kier alpha value is -2.64. The van der Waals surface area contributed by atoms with Crippen molar-refractivity contribution in [3.8, 4) is 0 Å². The second kappa shape index (κ2) is 8.37. The fourth-order valence-corrected chi connectivity index (χ4v) is 2.92. The van der Waals surface area contributed by atoms with Crippen molar-refractivity contribution in [1.29, 1.82) is 0 Å². The summed E-state index contributed by atoms with van der Waals surface area (Å²) in [5.41, 5.74) is -0.691. The molecule has 3 N–H and O–H groups in total. The van der Waals surface area contributed by atoms with Crippen LogP contribution in [0.2, 0.25) is 5.02 Å². The van der Waals surface area contributed by atoms with Crippen LogP contribution in [-0.4, -0.2) is 28.5 Å². The van der Waals surface area contributed by atoms with Crippen LogP contribution in [0.3, 0.4) is 0 Å². The van der Waals surface area contributed by atoms with Gasteiger partial charge in [0.2, 0.25) is 0 Å². The average Bonchev–Trinajstić information content (AvgIpc) is 2.59. The molecule has 0 aliphatic rings. The number of halogens is 1. The van der Waals surface area contributed by atoms with Gasteiger partial charge in [-0.05, 0) is 39.0 Å². The molecule has 144 valence electrons.